The number of halogens is 2. The summed E-state index contributed by atoms with van der Waals surface area (Å²) in [6, 6.07) is 10.2. The Morgan fingerprint density at radius 3 is 2.58 bits per heavy atom. The van der Waals surface area contributed by atoms with E-state index in [1.54, 1.807) is 23.1 Å². The monoisotopic (exact) mass is 427 g/mol. The molecule has 1 aliphatic rings. The topological polar surface area (TPSA) is 68.5 Å². The number of hydrogen-bond donors (Lipinski definition) is 0. The van der Waals surface area contributed by atoms with Gasteiger partial charge in [-0.3, -0.25) is 4.79 Å². The first-order valence-corrected chi connectivity index (χ1v) is 10.2. The van der Waals surface area contributed by atoms with Crippen LogP contribution < -0.4 is 4.74 Å². The minimum absolute atomic E-state index is 0.124. The molecule has 0 radical (unpaired) electrons. The van der Waals surface area contributed by atoms with Gasteiger partial charge in [0, 0.05) is 30.6 Å². The number of piperidine rings is 1. The summed E-state index contributed by atoms with van der Waals surface area (Å²) < 4.78 is 37.1. The quantitative estimate of drug-likeness (QED) is 0.579. The van der Waals surface area contributed by atoms with Gasteiger partial charge in [-0.25, -0.2) is 8.78 Å². The second kappa shape index (κ2) is 9.24. The largest absolute Gasteiger partial charge is 0.494 e. The maximum atomic E-state index is 13.9. The normalized spacial score (nSPS) is 14.6. The Bertz CT molecular complexity index is 1040. The Labute approximate surface area is 178 Å². The lowest BCUT2D eigenvalue weighted by Gasteiger charge is -2.32. The molecule has 2 heterocycles. The van der Waals surface area contributed by atoms with E-state index >= 15 is 0 Å². The summed E-state index contributed by atoms with van der Waals surface area (Å²) in [5.41, 5.74) is 1.01. The predicted octanol–water partition coefficient (Wildman–Crippen LogP) is 4.51. The van der Waals surface area contributed by atoms with E-state index in [0.717, 1.165) is 19.3 Å². The SMILES string of the molecule is COc1ccc(C(=O)N2CCC(CCc3noc(-c4ccc(F)cc4)n3)CC2)cc1F. The Hall–Kier alpha value is -3.29. The maximum absolute atomic E-state index is 13.9. The van der Waals surface area contributed by atoms with Crippen LogP contribution in [0, 0.1) is 17.6 Å². The smallest absolute Gasteiger partial charge is 0.257 e. The molecular weight excluding hydrogens is 404 g/mol. The summed E-state index contributed by atoms with van der Waals surface area (Å²) in [4.78, 5) is 18.8. The van der Waals surface area contributed by atoms with Crippen molar-refractivity contribution in [2.24, 2.45) is 5.92 Å². The molecular formula is C23H23F2N3O3. The van der Waals surface area contributed by atoms with Crippen molar-refractivity contribution in [2.75, 3.05) is 20.2 Å². The Morgan fingerprint density at radius 2 is 1.90 bits per heavy atom. The number of ether oxygens (including phenoxy) is 1. The second-order valence-electron chi connectivity index (χ2n) is 7.65. The molecule has 1 aromatic heterocycles. The molecule has 31 heavy (non-hydrogen) atoms. The number of carbonyl (C=O) groups is 1. The summed E-state index contributed by atoms with van der Waals surface area (Å²) in [5.74, 6) is 0.549. The molecule has 0 bridgehead atoms. The van der Waals surface area contributed by atoms with Crippen LogP contribution in [0.15, 0.2) is 47.0 Å². The van der Waals surface area contributed by atoms with Crippen LogP contribution in [0.4, 0.5) is 8.78 Å². The van der Waals surface area contributed by atoms with E-state index in [2.05, 4.69) is 10.1 Å². The fraction of sp³-hybridized carbons (Fsp3) is 0.348. The van der Waals surface area contributed by atoms with Gasteiger partial charge >= 0.3 is 0 Å². The van der Waals surface area contributed by atoms with E-state index in [0.29, 0.717) is 48.3 Å². The molecule has 6 nitrogen and oxygen atoms in total. The van der Waals surface area contributed by atoms with Crippen molar-refractivity contribution >= 4 is 5.91 Å². The number of benzene rings is 2. The van der Waals surface area contributed by atoms with E-state index in [1.165, 1.54) is 31.4 Å². The van der Waals surface area contributed by atoms with Gasteiger partial charge in [-0.15, -0.1) is 0 Å². The molecule has 0 unspecified atom stereocenters. The summed E-state index contributed by atoms with van der Waals surface area (Å²) in [5, 5.41) is 4.01. The third kappa shape index (κ3) is 4.90. The first kappa shape index (κ1) is 21.0. The maximum Gasteiger partial charge on any atom is 0.257 e. The van der Waals surface area contributed by atoms with Gasteiger partial charge in [-0.2, -0.15) is 4.98 Å². The van der Waals surface area contributed by atoms with Gasteiger partial charge < -0.3 is 14.2 Å². The second-order valence-corrected chi connectivity index (χ2v) is 7.65. The number of nitrogens with zero attached hydrogens (tertiary/aromatic N) is 3. The van der Waals surface area contributed by atoms with E-state index in [4.69, 9.17) is 9.26 Å². The molecule has 0 aliphatic carbocycles. The number of rotatable bonds is 6. The molecule has 162 valence electrons. The lowest BCUT2D eigenvalue weighted by atomic mass is 9.91. The number of amides is 1. The lowest BCUT2D eigenvalue weighted by molar-refractivity contribution is 0.0686. The van der Waals surface area contributed by atoms with Gasteiger partial charge in [0.05, 0.1) is 7.11 Å². The van der Waals surface area contributed by atoms with E-state index < -0.39 is 5.82 Å². The molecule has 1 amide bonds. The Kier molecular flexibility index (Phi) is 6.25. The average Bonchev–Trinajstić information content (AvgIpc) is 3.27. The molecule has 1 saturated heterocycles. The number of methoxy groups -OCH3 is 1. The van der Waals surface area contributed by atoms with Crippen LogP contribution in [-0.2, 0) is 6.42 Å². The van der Waals surface area contributed by atoms with Gasteiger partial charge in [-0.1, -0.05) is 5.16 Å². The van der Waals surface area contributed by atoms with Gasteiger partial charge in [0.15, 0.2) is 17.4 Å². The molecule has 0 spiro atoms. The van der Waals surface area contributed by atoms with Crippen LogP contribution >= 0.6 is 0 Å². The van der Waals surface area contributed by atoms with Crippen molar-refractivity contribution < 1.29 is 22.8 Å². The van der Waals surface area contributed by atoms with Crippen LogP contribution in [0.2, 0.25) is 0 Å². The number of hydrogen-bond acceptors (Lipinski definition) is 5. The third-order valence-corrected chi connectivity index (χ3v) is 5.64. The van der Waals surface area contributed by atoms with Crippen molar-refractivity contribution in [3.63, 3.8) is 0 Å². The van der Waals surface area contributed by atoms with E-state index in [1.807, 2.05) is 0 Å². The van der Waals surface area contributed by atoms with Gasteiger partial charge in [0.25, 0.3) is 11.8 Å². The zero-order valence-corrected chi connectivity index (χ0v) is 17.2. The molecule has 4 rings (SSSR count). The highest BCUT2D eigenvalue weighted by Gasteiger charge is 2.24. The zero-order valence-electron chi connectivity index (χ0n) is 17.2. The van der Waals surface area contributed by atoms with Gasteiger partial charge in [0.1, 0.15) is 5.82 Å². The summed E-state index contributed by atoms with van der Waals surface area (Å²) in [6.45, 7) is 1.26. The molecule has 1 fully saturated rings. The highest BCUT2D eigenvalue weighted by Crippen LogP contribution is 2.25. The van der Waals surface area contributed by atoms with Gasteiger partial charge in [-0.05, 0) is 67.6 Å². The minimum Gasteiger partial charge on any atom is -0.494 e. The number of likely N-dealkylation sites (tertiary alicyclic amines) is 1. The van der Waals surface area contributed by atoms with Crippen LogP contribution in [0.5, 0.6) is 5.75 Å². The molecule has 3 aromatic rings. The van der Waals surface area contributed by atoms with Crippen LogP contribution in [0.3, 0.4) is 0 Å². The first-order chi connectivity index (χ1) is 15.0. The summed E-state index contributed by atoms with van der Waals surface area (Å²) in [6.07, 6.45) is 3.30. The molecule has 1 aliphatic heterocycles. The average molecular weight is 427 g/mol. The zero-order chi connectivity index (χ0) is 21.8. The van der Waals surface area contributed by atoms with E-state index in [-0.39, 0.29) is 17.5 Å². The highest BCUT2D eigenvalue weighted by atomic mass is 19.1. The predicted molar refractivity (Wildman–Crippen MR) is 110 cm³/mol. The lowest BCUT2D eigenvalue weighted by Crippen LogP contribution is -2.38. The van der Waals surface area contributed by atoms with Crippen molar-refractivity contribution in [3.8, 4) is 17.2 Å². The number of carbonyl (C=O) groups excluding carboxylic acids is 1. The van der Waals surface area contributed by atoms with Gasteiger partial charge in [0.2, 0.25) is 0 Å². The molecule has 8 heteroatoms. The van der Waals surface area contributed by atoms with Crippen molar-refractivity contribution in [1.29, 1.82) is 0 Å². The Morgan fingerprint density at radius 1 is 1.16 bits per heavy atom. The third-order valence-electron chi connectivity index (χ3n) is 5.64. The van der Waals surface area contributed by atoms with Crippen LogP contribution in [0.1, 0.15) is 35.4 Å². The number of aromatic nitrogens is 2. The summed E-state index contributed by atoms with van der Waals surface area (Å²) in [7, 11) is 1.39. The standard InChI is InChI=1S/C23H23F2N3O3/c1-30-20-8-5-17(14-19(20)25)23(29)28-12-10-15(11-13-28)2-9-21-26-22(31-27-21)16-3-6-18(24)7-4-16/h3-8,14-15H,2,9-13H2,1H3. The summed E-state index contributed by atoms with van der Waals surface area (Å²) >= 11 is 0. The minimum atomic E-state index is -0.539. The Balaban J connectivity index is 1.27. The molecule has 0 atom stereocenters. The van der Waals surface area contributed by atoms with Crippen LogP contribution in [-0.4, -0.2) is 41.1 Å². The van der Waals surface area contributed by atoms with Crippen molar-refractivity contribution in [1.82, 2.24) is 15.0 Å². The van der Waals surface area contributed by atoms with Crippen molar-refractivity contribution in [3.05, 3.63) is 65.5 Å². The van der Waals surface area contributed by atoms with Crippen molar-refractivity contribution in [2.45, 2.75) is 25.7 Å². The molecule has 0 saturated carbocycles. The fourth-order valence-electron chi connectivity index (χ4n) is 3.81. The van der Waals surface area contributed by atoms with E-state index in [9.17, 15) is 13.6 Å². The number of aryl methyl sites for hydroxylation is 1. The molecule has 2 aromatic carbocycles. The first-order valence-electron chi connectivity index (χ1n) is 10.2. The molecule has 0 N–H and O–H groups in total. The fourth-order valence-corrected chi connectivity index (χ4v) is 3.81. The van der Waals surface area contributed by atoms with Crippen LogP contribution in [0.25, 0.3) is 11.5 Å². The highest BCUT2D eigenvalue weighted by molar-refractivity contribution is 5.94.